The van der Waals surface area contributed by atoms with Gasteiger partial charge in [0.2, 0.25) is 11.9 Å². The molecule has 0 radical (unpaired) electrons. The maximum Gasteiger partial charge on any atom is 0.245 e. The number of hydrogen-bond donors (Lipinski definition) is 1. The van der Waals surface area contributed by atoms with Gasteiger partial charge in [-0.2, -0.15) is 5.10 Å². The highest BCUT2D eigenvalue weighted by molar-refractivity contribution is 5.96. The van der Waals surface area contributed by atoms with Crippen molar-refractivity contribution >= 4 is 22.8 Å². The fourth-order valence-electron chi connectivity index (χ4n) is 5.78. The normalized spacial score (nSPS) is 19.3. The summed E-state index contributed by atoms with van der Waals surface area (Å²) in [6.45, 7) is 9.22. The second-order valence-corrected chi connectivity index (χ2v) is 9.66. The molecule has 3 aliphatic rings. The molecule has 0 saturated carbocycles. The molecule has 6 rings (SSSR count). The molecule has 1 N–H and O–H groups in total. The number of carbonyl (C=O) groups is 1. The summed E-state index contributed by atoms with van der Waals surface area (Å²) in [5, 5.41) is 8.52. The molecule has 2 fully saturated rings. The smallest absolute Gasteiger partial charge is 0.245 e. The molecular formula is C25H28N6O. The molecule has 1 aliphatic carbocycles. The highest BCUT2D eigenvalue weighted by Crippen LogP contribution is 2.42. The maximum absolute atomic E-state index is 11.9. The molecule has 7 heteroatoms. The summed E-state index contributed by atoms with van der Waals surface area (Å²) in [6, 6.07) is 4.24. The van der Waals surface area contributed by atoms with E-state index < -0.39 is 0 Å². The molecule has 0 unspecified atom stereocenters. The van der Waals surface area contributed by atoms with E-state index >= 15 is 0 Å². The van der Waals surface area contributed by atoms with Crippen LogP contribution in [0.4, 0.5) is 5.95 Å². The van der Waals surface area contributed by atoms with Crippen LogP contribution in [0, 0.1) is 12.3 Å². The average molecular weight is 429 g/mol. The van der Waals surface area contributed by atoms with E-state index in [4.69, 9.17) is 9.97 Å². The van der Waals surface area contributed by atoms with Crippen molar-refractivity contribution in [3.05, 3.63) is 47.8 Å². The van der Waals surface area contributed by atoms with E-state index in [0.717, 1.165) is 68.0 Å². The fraction of sp³-hybridized carbons (Fsp3) is 0.440. The van der Waals surface area contributed by atoms with Gasteiger partial charge in [-0.05, 0) is 56.7 Å². The number of likely N-dealkylation sites (tertiary alicyclic amines) is 1. The minimum Gasteiger partial charge on any atom is -0.340 e. The molecule has 1 spiro atoms. The molecule has 2 aliphatic heterocycles. The first-order valence-corrected chi connectivity index (χ1v) is 11.6. The van der Waals surface area contributed by atoms with Gasteiger partial charge in [0, 0.05) is 53.8 Å². The minimum absolute atomic E-state index is 0.0325. The number of fused-ring (bicyclic) bond motifs is 2. The van der Waals surface area contributed by atoms with Crippen molar-refractivity contribution in [2.75, 3.05) is 31.1 Å². The monoisotopic (exact) mass is 428 g/mol. The lowest BCUT2D eigenvalue weighted by atomic mass is 9.79. The first-order valence-electron chi connectivity index (χ1n) is 11.6. The first-order chi connectivity index (χ1) is 15.6. The Morgan fingerprint density at radius 3 is 2.88 bits per heavy atom. The van der Waals surface area contributed by atoms with Crippen LogP contribution in [-0.4, -0.2) is 57.2 Å². The zero-order valence-electron chi connectivity index (χ0n) is 18.5. The third-order valence-electron chi connectivity index (χ3n) is 7.50. The summed E-state index contributed by atoms with van der Waals surface area (Å²) in [5.74, 6) is 0.871. The molecule has 2 aromatic heterocycles. The number of nitrogens with zero attached hydrogens (tertiary/aromatic N) is 5. The number of nitrogens with one attached hydrogen (secondary N) is 1. The number of H-pyrrole nitrogens is 1. The number of benzene rings is 1. The number of hydrogen-bond acceptors (Lipinski definition) is 5. The predicted molar refractivity (Wildman–Crippen MR) is 125 cm³/mol. The van der Waals surface area contributed by atoms with E-state index in [1.165, 1.54) is 41.3 Å². The van der Waals surface area contributed by atoms with Crippen molar-refractivity contribution in [3.8, 4) is 11.3 Å². The Hall–Kier alpha value is -3.22. The lowest BCUT2D eigenvalue weighted by molar-refractivity contribution is -0.136. The molecule has 0 atom stereocenters. The van der Waals surface area contributed by atoms with Gasteiger partial charge in [0.05, 0.1) is 17.4 Å². The summed E-state index contributed by atoms with van der Waals surface area (Å²) in [5.41, 5.74) is 7.18. The molecule has 1 amide bonds. The highest BCUT2D eigenvalue weighted by atomic mass is 16.2. The molecule has 2 saturated heterocycles. The van der Waals surface area contributed by atoms with Gasteiger partial charge in [-0.3, -0.25) is 9.89 Å². The maximum atomic E-state index is 11.9. The van der Waals surface area contributed by atoms with Gasteiger partial charge in [0.1, 0.15) is 0 Å². The van der Waals surface area contributed by atoms with Crippen LogP contribution >= 0.6 is 0 Å². The number of aromatic amines is 1. The van der Waals surface area contributed by atoms with E-state index in [2.05, 4.69) is 40.7 Å². The van der Waals surface area contributed by atoms with Crippen LogP contribution in [0.5, 0.6) is 0 Å². The number of aryl methyl sites for hydroxylation is 2. The minimum atomic E-state index is 0.0325. The van der Waals surface area contributed by atoms with Crippen molar-refractivity contribution in [1.29, 1.82) is 0 Å². The zero-order chi connectivity index (χ0) is 21.9. The SMILES string of the molecule is C=CC(=O)N1CC2(CCN(c3nc4c(c(-c5c(C)ccc6[nH]ncc56)n3)CCCC4)C2)C1. The third-order valence-corrected chi connectivity index (χ3v) is 7.50. The second-order valence-electron chi connectivity index (χ2n) is 9.66. The Morgan fingerprint density at radius 1 is 1.19 bits per heavy atom. The lowest BCUT2D eigenvalue weighted by Crippen LogP contribution is -2.59. The van der Waals surface area contributed by atoms with Crippen LogP contribution in [-0.2, 0) is 17.6 Å². The van der Waals surface area contributed by atoms with Gasteiger partial charge < -0.3 is 9.80 Å². The Balaban J connectivity index is 1.39. The van der Waals surface area contributed by atoms with Crippen LogP contribution in [0.15, 0.2) is 31.0 Å². The van der Waals surface area contributed by atoms with E-state index in [9.17, 15) is 4.79 Å². The Morgan fingerprint density at radius 2 is 2.03 bits per heavy atom. The van der Waals surface area contributed by atoms with Crippen molar-refractivity contribution in [2.24, 2.45) is 5.41 Å². The van der Waals surface area contributed by atoms with Crippen molar-refractivity contribution in [1.82, 2.24) is 25.1 Å². The Bertz CT molecular complexity index is 1240. The van der Waals surface area contributed by atoms with Gasteiger partial charge in [-0.15, -0.1) is 0 Å². The fourth-order valence-corrected chi connectivity index (χ4v) is 5.78. The number of rotatable bonds is 3. The standard InChI is InChI=1S/C25H28N6O/c1-3-21(32)31-14-25(15-31)10-11-30(13-25)24-27-19-7-5-4-6-17(19)23(28-24)22-16(2)8-9-20-18(22)12-26-29-20/h3,8-9,12H,1,4-7,10-11,13-15H2,2H3,(H,26,29). The first kappa shape index (κ1) is 19.5. The van der Waals surface area contributed by atoms with Crippen molar-refractivity contribution in [2.45, 2.75) is 39.0 Å². The molecule has 3 aromatic rings. The molecule has 0 bridgehead atoms. The molecule has 1 aromatic carbocycles. The summed E-state index contributed by atoms with van der Waals surface area (Å²) in [6.07, 6.45) is 8.81. The summed E-state index contributed by atoms with van der Waals surface area (Å²) >= 11 is 0. The summed E-state index contributed by atoms with van der Waals surface area (Å²) < 4.78 is 0. The van der Waals surface area contributed by atoms with Crippen LogP contribution in [0.2, 0.25) is 0 Å². The van der Waals surface area contributed by atoms with Gasteiger partial charge in [0.25, 0.3) is 0 Å². The van der Waals surface area contributed by atoms with Crippen molar-refractivity contribution in [3.63, 3.8) is 0 Å². The quantitative estimate of drug-likeness (QED) is 0.647. The largest absolute Gasteiger partial charge is 0.340 e. The molecule has 164 valence electrons. The molecule has 7 nitrogen and oxygen atoms in total. The number of anilines is 1. The van der Waals surface area contributed by atoms with E-state index in [0.29, 0.717) is 0 Å². The van der Waals surface area contributed by atoms with Gasteiger partial charge in [-0.1, -0.05) is 12.6 Å². The topological polar surface area (TPSA) is 78.0 Å². The zero-order valence-corrected chi connectivity index (χ0v) is 18.5. The lowest BCUT2D eigenvalue weighted by Gasteiger charge is -2.47. The van der Waals surface area contributed by atoms with Gasteiger partial charge in [-0.25, -0.2) is 9.97 Å². The number of aromatic nitrogens is 4. The average Bonchev–Trinajstić information content (AvgIpc) is 3.44. The molecule has 4 heterocycles. The number of amides is 1. The molecule has 32 heavy (non-hydrogen) atoms. The van der Waals surface area contributed by atoms with Crippen LogP contribution < -0.4 is 4.90 Å². The summed E-state index contributed by atoms with van der Waals surface area (Å²) in [7, 11) is 0. The van der Waals surface area contributed by atoms with Crippen LogP contribution in [0.3, 0.4) is 0 Å². The van der Waals surface area contributed by atoms with E-state index in [1.807, 2.05) is 11.1 Å². The second kappa shape index (κ2) is 7.15. The van der Waals surface area contributed by atoms with Gasteiger partial charge >= 0.3 is 0 Å². The third kappa shape index (κ3) is 2.94. The highest BCUT2D eigenvalue weighted by Gasteiger charge is 2.49. The number of carbonyl (C=O) groups excluding carboxylic acids is 1. The van der Waals surface area contributed by atoms with Crippen LogP contribution in [0.1, 0.15) is 36.1 Å². The van der Waals surface area contributed by atoms with E-state index in [-0.39, 0.29) is 11.3 Å². The van der Waals surface area contributed by atoms with E-state index in [1.54, 1.807) is 0 Å². The molecular weight excluding hydrogens is 400 g/mol. The summed E-state index contributed by atoms with van der Waals surface area (Å²) in [4.78, 5) is 26.4. The Kier molecular flexibility index (Phi) is 4.35. The van der Waals surface area contributed by atoms with Crippen molar-refractivity contribution < 1.29 is 4.79 Å². The predicted octanol–water partition coefficient (Wildman–Crippen LogP) is 3.43. The Labute approximate surface area is 187 Å². The van der Waals surface area contributed by atoms with Crippen LogP contribution in [0.25, 0.3) is 22.2 Å². The van der Waals surface area contributed by atoms with Gasteiger partial charge in [0.15, 0.2) is 0 Å².